The molecule has 0 radical (unpaired) electrons. The van der Waals surface area contributed by atoms with Gasteiger partial charge in [-0.05, 0) is 38.5 Å². The summed E-state index contributed by atoms with van der Waals surface area (Å²) in [6, 6.07) is -0.339. The number of anilines is 1. The minimum absolute atomic E-state index is 0.189. The third-order valence-electron chi connectivity index (χ3n) is 3.64. The largest absolute Gasteiger partial charge is 0.478 e. The number of aryl methyl sites for hydroxylation is 1. The van der Waals surface area contributed by atoms with E-state index in [4.69, 9.17) is 0 Å². The molecule has 0 saturated heterocycles. The van der Waals surface area contributed by atoms with Crippen LogP contribution in [0.5, 0.6) is 0 Å². The summed E-state index contributed by atoms with van der Waals surface area (Å²) in [5.74, 6) is -1.01. The van der Waals surface area contributed by atoms with Gasteiger partial charge in [0.05, 0.1) is 5.56 Å². The van der Waals surface area contributed by atoms with Gasteiger partial charge in [-0.1, -0.05) is 0 Å². The van der Waals surface area contributed by atoms with Gasteiger partial charge in [0, 0.05) is 16.2 Å². The second-order valence-corrected chi connectivity index (χ2v) is 7.49. The van der Waals surface area contributed by atoms with E-state index >= 15 is 0 Å². The van der Waals surface area contributed by atoms with Gasteiger partial charge in [-0.3, -0.25) is 5.32 Å². The van der Waals surface area contributed by atoms with Crippen molar-refractivity contribution in [1.82, 2.24) is 5.32 Å². The first kappa shape index (κ1) is 15.2. The van der Waals surface area contributed by atoms with Crippen molar-refractivity contribution in [3.05, 3.63) is 16.0 Å². The van der Waals surface area contributed by atoms with E-state index in [-0.39, 0.29) is 16.3 Å². The molecule has 5 nitrogen and oxygen atoms in total. The molecule has 110 valence electrons. The number of nitrogens with one attached hydrogen (secondary N) is 2. The minimum Gasteiger partial charge on any atom is -0.478 e. The molecule has 0 atom stereocenters. The second kappa shape index (κ2) is 5.65. The zero-order chi connectivity index (χ0) is 14.9. The Labute approximate surface area is 126 Å². The Kier molecular flexibility index (Phi) is 4.29. The fourth-order valence-corrected chi connectivity index (χ4v) is 3.73. The van der Waals surface area contributed by atoms with Gasteiger partial charge >= 0.3 is 12.0 Å². The van der Waals surface area contributed by atoms with E-state index in [9.17, 15) is 14.7 Å². The number of carbonyl (C=O) groups is 2. The highest BCUT2D eigenvalue weighted by atomic mass is 32.2. The Morgan fingerprint density at radius 3 is 2.55 bits per heavy atom. The van der Waals surface area contributed by atoms with Crippen molar-refractivity contribution < 1.29 is 14.7 Å². The first-order valence-electron chi connectivity index (χ1n) is 6.32. The smallest absolute Gasteiger partial charge is 0.338 e. The zero-order valence-electron chi connectivity index (χ0n) is 11.7. The average Bonchev–Trinajstić information content (AvgIpc) is 3.11. The molecule has 0 spiro atoms. The summed E-state index contributed by atoms with van der Waals surface area (Å²) < 4.78 is 0.189. The van der Waals surface area contributed by atoms with Crippen molar-refractivity contribution >= 4 is 40.1 Å². The maximum atomic E-state index is 11.9. The normalized spacial score (nSPS) is 15.8. The number of urea groups is 1. The number of carboxylic acids is 1. The lowest BCUT2D eigenvalue weighted by Crippen LogP contribution is -2.35. The summed E-state index contributed by atoms with van der Waals surface area (Å²) >= 11 is 3.06. The van der Waals surface area contributed by atoms with Crippen molar-refractivity contribution in [2.45, 2.75) is 31.4 Å². The van der Waals surface area contributed by atoms with Crippen LogP contribution in [-0.4, -0.2) is 34.7 Å². The van der Waals surface area contributed by atoms with E-state index in [1.165, 1.54) is 11.3 Å². The fraction of sp³-hybridized carbons (Fsp3) is 0.538. The van der Waals surface area contributed by atoms with Crippen LogP contribution < -0.4 is 10.6 Å². The first-order valence-corrected chi connectivity index (χ1v) is 8.36. The molecule has 2 rings (SSSR count). The molecule has 20 heavy (non-hydrogen) atoms. The molecular weight excluding hydrogens is 296 g/mol. The van der Waals surface area contributed by atoms with Crippen LogP contribution in [0.2, 0.25) is 0 Å². The number of thiophene rings is 1. The summed E-state index contributed by atoms with van der Waals surface area (Å²) in [4.78, 5) is 24.0. The molecule has 1 fully saturated rings. The van der Waals surface area contributed by atoms with Crippen molar-refractivity contribution in [2.24, 2.45) is 0 Å². The summed E-state index contributed by atoms with van der Waals surface area (Å²) in [5, 5.41) is 15.1. The van der Waals surface area contributed by atoms with Crippen LogP contribution in [0.4, 0.5) is 9.80 Å². The highest BCUT2D eigenvalue weighted by molar-refractivity contribution is 8.00. The van der Waals surface area contributed by atoms with E-state index < -0.39 is 5.97 Å². The molecule has 7 heteroatoms. The van der Waals surface area contributed by atoms with Crippen molar-refractivity contribution in [3.63, 3.8) is 0 Å². The van der Waals surface area contributed by atoms with Crippen molar-refractivity contribution in [2.75, 3.05) is 18.1 Å². The Morgan fingerprint density at radius 2 is 2.05 bits per heavy atom. The maximum Gasteiger partial charge on any atom is 0.338 e. The number of amides is 2. The highest BCUT2D eigenvalue weighted by Crippen LogP contribution is 2.46. The van der Waals surface area contributed by atoms with Crippen LogP contribution in [0, 0.1) is 13.8 Å². The molecule has 1 saturated carbocycles. The predicted octanol–water partition coefficient (Wildman–Crippen LogP) is 3.08. The van der Waals surface area contributed by atoms with Crippen LogP contribution in [0.15, 0.2) is 0 Å². The molecule has 1 heterocycles. The molecule has 2 amide bonds. The van der Waals surface area contributed by atoms with Gasteiger partial charge in [-0.15, -0.1) is 11.3 Å². The van der Waals surface area contributed by atoms with Gasteiger partial charge in [0.15, 0.2) is 0 Å². The monoisotopic (exact) mass is 314 g/mol. The van der Waals surface area contributed by atoms with Crippen LogP contribution in [0.3, 0.4) is 0 Å². The van der Waals surface area contributed by atoms with E-state index in [1.54, 1.807) is 18.7 Å². The van der Waals surface area contributed by atoms with Crippen molar-refractivity contribution in [1.29, 1.82) is 0 Å². The van der Waals surface area contributed by atoms with Crippen LogP contribution in [0.1, 0.15) is 33.6 Å². The molecule has 1 aliphatic rings. The quantitative estimate of drug-likeness (QED) is 0.780. The summed E-state index contributed by atoms with van der Waals surface area (Å²) in [6.07, 6.45) is 4.28. The Morgan fingerprint density at radius 1 is 1.40 bits per heavy atom. The lowest BCUT2D eigenvalue weighted by molar-refractivity contribution is 0.0697. The first-order chi connectivity index (χ1) is 9.38. The van der Waals surface area contributed by atoms with Crippen LogP contribution in [-0.2, 0) is 0 Å². The molecule has 1 aromatic heterocycles. The SMILES string of the molecule is CSC1(CNC(=O)Nc2sc(C)c(C)c2C(=O)O)CC1. The molecule has 3 N–H and O–H groups in total. The van der Waals surface area contributed by atoms with Gasteiger partial charge in [0.1, 0.15) is 5.00 Å². The van der Waals surface area contributed by atoms with E-state index in [1.807, 2.05) is 13.2 Å². The Bertz CT molecular complexity index is 550. The number of aromatic carboxylic acids is 1. The van der Waals surface area contributed by atoms with Crippen molar-refractivity contribution in [3.8, 4) is 0 Å². The minimum atomic E-state index is -1.01. The molecular formula is C13H18N2O3S2. The van der Waals surface area contributed by atoms with Gasteiger partial charge in [0.2, 0.25) is 0 Å². The van der Waals surface area contributed by atoms with Crippen LogP contribution in [0.25, 0.3) is 0 Å². The van der Waals surface area contributed by atoms with Gasteiger partial charge in [0.25, 0.3) is 0 Å². The lowest BCUT2D eigenvalue weighted by atomic mass is 10.1. The lowest BCUT2D eigenvalue weighted by Gasteiger charge is -2.13. The van der Waals surface area contributed by atoms with E-state index in [0.29, 0.717) is 17.1 Å². The topological polar surface area (TPSA) is 78.4 Å². The fourth-order valence-electron chi connectivity index (χ4n) is 1.95. The Hall–Kier alpha value is -1.21. The van der Waals surface area contributed by atoms with E-state index in [0.717, 1.165) is 17.7 Å². The highest BCUT2D eigenvalue weighted by Gasteiger charge is 2.42. The predicted molar refractivity (Wildman–Crippen MR) is 83.3 cm³/mol. The summed E-state index contributed by atoms with van der Waals surface area (Å²) in [6.45, 7) is 4.22. The molecule has 0 aliphatic heterocycles. The summed E-state index contributed by atoms with van der Waals surface area (Å²) in [5.41, 5.74) is 0.897. The van der Waals surface area contributed by atoms with Gasteiger partial charge in [-0.2, -0.15) is 11.8 Å². The molecule has 1 aromatic rings. The molecule has 1 aliphatic carbocycles. The number of carbonyl (C=O) groups excluding carboxylic acids is 1. The Balaban J connectivity index is 2.01. The number of carboxylic acid groups (broad SMARTS) is 1. The average molecular weight is 314 g/mol. The second-order valence-electron chi connectivity index (χ2n) is 4.99. The number of hydrogen-bond acceptors (Lipinski definition) is 4. The number of thioether (sulfide) groups is 1. The number of hydrogen-bond donors (Lipinski definition) is 3. The maximum absolute atomic E-state index is 11.9. The van der Waals surface area contributed by atoms with Crippen LogP contribution >= 0.6 is 23.1 Å². The molecule has 0 aromatic carbocycles. The molecule has 0 bridgehead atoms. The molecule has 0 unspecified atom stereocenters. The van der Waals surface area contributed by atoms with E-state index in [2.05, 4.69) is 10.6 Å². The zero-order valence-corrected chi connectivity index (χ0v) is 13.3. The van der Waals surface area contributed by atoms with Gasteiger partial charge < -0.3 is 10.4 Å². The van der Waals surface area contributed by atoms with Gasteiger partial charge in [-0.25, -0.2) is 9.59 Å². The third-order valence-corrected chi connectivity index (χ3v) is 6.18. The summed E-state index contributed by atoms with van der Waals surface area (Å²) in [7, 11) is 0. The number of rotatable bonds is 5. The third kappa shape index (κ3) is 3.09. The standard InChI is InChI=1S/C13H18N2O3S2/c1-7-8(2)20-10(9(7)11(16)17)15-12(18)14-6-13(19-3)4-5-13/h4-6H2,1-3H3,(H,16,17)(H2,14,15,18).